The molecule has 0 amide bonds. The lowest BCUT2D eigenvalue weighted by Gasteiger charge is -2.13. The van der Waals surface area contributed by atoms with Crippen molar-refractivity contribution in [3.63, 3.8) is 0 Å². The van der Waals surface area contributed by atoms with Crippen LogP contribution in [0.4, 0.5) is 0 Å². The van der Waals surface area contributed by atoms with E-state index in [0.29, 0.717) is 5.82 Å². The number of nitrogens with zero attached hydrogens (tertiary/aromatic N) is 4. The summed E-state index contributed by atoms with van der Waals surface area (Å²) in [5, 5.41) is 13.2. The lowest BCUT2D eigenvalue weighted by Crippen LogP contribution is -2.28. The number of benzene rings is 1. The van der Waals surface area contributed by atoms with Crippen LogP contribution in [0.5, 0.6) is 0 Å². The summed E-state index contributed by atoms with van der Waals surface area (Å²) >= 11 is 1.16. The predicted molar refractivity (Wildman–Crippen MR) is 82.2 cm³/mol. The van der Waals surface area contributed by atoms with E-state index in [1.165, 1.54) is 4.68 Å². The molecular weight excluding hydrogens is 322 g/mol. The first-order valence-corrected chi connectivity index (χ1v) is 8.84. The molecule has 0 bridgehead atoms. The molecule has 1 aromatic carbocycles. The highest BCUT2D eigenvalue weighted by atomic mass is 32.2. The van der Waals surface area contributed by atoms with Crippen LogP contribution < -0.4 is 4.72 Å². The molecule has 3 aromatic rings. The van der Waals surface area contributed by atoms with E-state index < -0.39 is 16.1 Å². The summed E-state index contributed by atoms with van der Waals surface area (Å²) in [4.78, 5) is 0. The van der Waals surface area contributed by atoms with Crippen LogP contribution in [0.25, 0.3) is 5.69 Å². The molecule has 0 saturated heterocycles. The molecule has 2 aromatic heterocycles. The second kappa shape index (κ2) is 5.95. The van der Waals surface area contributed by atoms with Gasteiger partial charge in [-0.25, -0.2) is 8.42 Å². The van der Waals surface area contributed by atoms with Crippen LogP contribution in [0.1, 0.15) is 18.8 Å². The fourth-order valence-electron chi connectivity index (χ4n) is 1.98. The van der Waals surface area contributed by atoms with Gasteiger partial charge in [0.15, 0.2) is 5.82 Å². The lowest BCUT2D eigenvalue weighted by molar-refractivity contribution is 0.556. The first-order chi connectivity index (χ1) is 10.6. The number of hydrogen-bond acceptors (Lipinski definition) is 6. The van der Waals surface area contributed by atoms with Crippen molar-refractivity contribution in [1.82, 2.24) is 24.9 Å². The van der Waals surface area contributed by atoms with E-state index in [2.05, 4.69) is 20.2 Å². The van der Waals surface area contributed by atoms with Crippen molar-refractivity contribution in [3.8, 4) is 5.69 Å². The zero-order chi connectivity index (χ0) is 15.6. The van der Waals surface area contributed by atoms with Gasteiger partial charge < -0.3 is 0 Å². The van der Waals surface area contributed by atoms with Crippen molar-refractivity contribution in [2.75, 3.05) is 0 Å². The van der Waals surface area contributed by atoms with Crippen molar-refractivity contribution in [1.29, 1.82) is 0 Å². The van der Waals surface area contributed by atoms with Crippen LogP contribution in [0.3, 0.4) is 0 Å². The number of thiophene rings is 1. The van der Waals surface area contributed by atoms with Crippen molar-refractivity contribution >= 4 is 21.4 Å². The Hall–Kier alpha value is -2.10. The quantitative estimate of drug-likeness (QED) is 0.767. The predicted octanol–water partition coefficient (Wildman–Crippen LogP) is 1.76. The van der Waals surface area contributed by atoms with Crippen molar-refractivity contribution in [2.24, 2.45) is 0 Å². The largest absolute Gasteiger partial charge is 0.250 e. The van der Waals surface area contributed by atoms with Crippen molar-refractivity contribution < 1.29 is 8.42 Å². The molecule has 1 N–H and O–H groups in total. The number of tetrazole rings is 1. The van der Waals surface area contributed by atoms with Gasteiger partial charge in [0.25, 0.3) is 10.0 Å². The topological polar surface area (TPSA) is 89.8 Å². The van der Waals surface area contributed by atoms with E-state index in [4.69, 9.17) is 0 Å². The van der Waals surface area contributed by atoms with E-state index >= 15 is 0 Å². The Balaban J connectivity index is 1.88. The van der Waals surface area contributed by atoms with Crippen LogP contribution in [-0.2, 0) is 10.0 Å². The van der Waals surface area contributed by atoms with Gasteiger partial charge in [-0.05, 0) is 40.9 Å². The van der Waals surface area contributed by atoms with Gasteiger partial charge in [0, 0.05) is 0 Å². The normalized spacial score (nSPS) is 13.1. The maximum absolute atomic E-state index is 12.3. The average Bonchev–Trinajstić information content (AvgIpc) is 3.19. The number of hydrogen-bond donors (Lipinski definition) is 1. The molecule has 0 fully saturated rings. The van der Waals surface area contributed by atoms with Gasteiger partial charge in [-0.15, -0.1) is 16.4 Å². The summed E-state index contributed by atoms with van der Waals surface area (Å²) in [6, 6.07) is 12.0. The van der Waals surface area contributed by atoms with E-state index in [9.17, 15) is 8.42 Å². The molecule has 0 saturated carbocycles. The Labute approximate surface area is 131 Å². The van der Waals surface area contributed by atoms with Gasteiger partial charge in [0.1, 0.15) is 4.21 Å². The summed E-state index contributed by atoms with van der Waals surface area (Å²) in [5.74, 6) is 0.423. The summed E-state index contributed by atoms with van der Waals surface area (Å²) in [5.41, 5.74) is 0.768. The van der Waals surface area contributed by atoms with Gasteiger partial charge in [0.2, 0.25) is 0 Å². The number of aromatic nitrogens is 4. The first-order valence-electron chi connectivity index (χ1n) is 6.47. The zero-order valence-electron chi connectivity index (χ0n) is 11.6. The summed E-state index contributed by atoms with van der Waals surface area (Å²) in [7, 11) is -3.58. The third-order valence-electron chi connectivity index (χ3n) is 2.97. The number of sulfonamides is 1. The number of rotatable bonds is 5. The lowest BCUT2D eigenvalue weighted by atomic mass is 10.3. The molecule has 0 unspecified atom stereocenters. The second-order valence-corrected chi connectivity index (χ2v) is 7.45. The van der Waals surface area contributed by atoms with Crippen LogP contribution in [0.2, 0.25) is 0 Å². The first kappa shape index (κ1) is 14.8. The van der Waals surface area contributed by atoms with Crippen molar-refractivity contribution in [3.05, 3.63) is 53.7 Å². The Kier molecular flexibility index (Phi) is 4.01. The second-order valence-electron chi connectivity index (χ2n) is 4.56. The van der Waals surface area contributed by atoms with Crippen molar-refractivity contribution in [2.45, 2.75) is 17.2 Å². The molecule has 22 heavy (non-hydrogen) atoms. The van der Waals surface area contributed by atoms with E-state index in [0.717, 1.165) is 17.0 Å². The molecule has 9 heteroatoms. The van der Waals surface area contributed by atoms with Gasteiger partial charge in [-0.2, -0.15) is 9.40 Å². The molecular formula is C13H13N5O2S2. The average molecular weight is 335 g/mol. The fraction of sp³-hybridized carbons (Fsp3) is 0.154. The fourth-order valence-corrected chi connectivity index (χ4v) is 4.19. The van der Waals surface area contributed by atoms with Crippen LogP contribution >= 0.6 is 11.3 Å². The van der Waals surface area contributed by atoms with Crippen LogP contribution in [0.15, 0.2) is 52.1 Å². The third kappa shape index (κ3) is 2.91. The standard InChI is InChI=1S/C13H13N5O2S2/c1-10(15-22(19,20)12-8-5-9-21-12)13-14-16-17-18(13)11-6-3-2-4-7-11/h2-10,15H,1H3/t10-/m1/s1. The highest BCUT2D eigenvalue weighted by Gasteiger charge is 2.23. The Morgan fingerprint density at radius 2 is 1.95 bits per heavy atom. The van der Waals surface area contributed by atoms with Crippen LogP contribution in [-0.4, -0.2) is 28.6 Å². The van der Waals surface area contributed by atoms with Gasteiger partial charge in [-0.1, -0.05) is 24.3 Å². The van der Waals surface area contributed by atoms with E-state index in [1.807, 2.05) is 30.3 Å². The number of para-hydroxylation sites is 1. The highest BCUT2D eigenvalue weighted by Crippen LogP contribution is 2.20. The molecule has 0 aliphatic carbocycles. The maximum atomic E-state index is 12.3. The Morgan fingerprint density at radius 3 is 2.64 bits per heavy atom. The molecule has 0 spiro atoms. The third-order valence-corrected chi connectivity index (χ3v) is 5.91. The minimum Gasteiger partial charge on any atom is -0.206 e. The SMILES string of the molecule is C[C@@H](NS(=O)(=O)c1cccs1)c1nnnn1-c1ccccc1. The molecule has 114 valence electrons. The van der Waals surface area contributed by atoms with Gasteiger partial charge >= 0.3 is 0 Å². The Morgan fingerprint density at radius 1 is 1.18 bits per heavy atom. The molecule has 0 radical (unpaired) electrons. The summed E-state index contributed by atoms with van der Waals surface area (Å²) < 4.78 is 28.9. The summed E-state index contributed by atoms with van der Waals surface area (Å²) in [6.45, 7) is 1.70. The smallest absolute Gasteiger partial charge is 0.206 e. The highest BCUT2D eigenvalue weighted by molar-refractivity contribution is 7.91. The molecule has 1 atom stereocenters. The molecule has 3 rings (SSSR count). The minimum absolute atomic E-state index is 0.262. The zero-order valence-corrected chi connectivity index (χ0v) is 13.3. The van der Waals surface area contributed by atoms with Gasteiger partial charge in [0.05, 0.1) is 11.7 Å². The monoisotopic (exact) mass is 335 g/mol. The summed E-state index contributed by atoms with van der Waals surface area (Å²) in [6.07, 6.45) is 0. The minimum atomic E-state index is -3.58. The van der Waals surface area contributed by atoms with E-state index in [1.54, 1.807) is 24.4 Å². The molecule has 0 aliphatic heterocycles. The van der Waals surface area contributed by atoms with Gasteiger partial charge in [-0.3, -0.25) is 0 Å². The van der Waals surface area contributed by atoms with Crippen LogP contribution in [0, 0.1) is 0 Å². The number of nitrogens with one attached hydrogen (secondary N) is 1. The van der Waals surface area contributed by atoms with E-state index in [-0.39, 0.29) is 4.21 Å². The molecule has 2 heterocycles. The maximum Gasteiger partial charge on any atom is 0.250 e. The molecule has 0 aliphatic rings. The Bertz CT molecular complexity index is 844. The molecule has 7 nitrogen and oxygen atoms in total.